The van der Waals surface area contributed by atoms with Gasteiger partial charge in [-0.2, -0.15) is 0 Å². The fourth-order valence-electron chi connectivity index (χ4n) is 3.81. The van der Waals surface area contributed by atoms with E-state index in [0.717, 1.165) is 22.1 Å². The number of nitrogens with zero attached hydrogens (tertiary/aromatic N) is 2. The molecule has 0 spiro atoms. The number of aromatic nitrogens is 2. The summed E-state index contributed by atoms with van der Waals surface area (Å²) < 4.78 is 7.09. The van der Waals surface area contributed by atoms with E-state index in [2.05, 4.69) is 0 Å². The minimum atomic E-state index is -0.395. The van der Waals surface area contributed by atoms with Crippen molar-refractivity contribution >= 4 is 45.2 Å². The van der Waals surface area contributed by atoms with E-state index in [1.54, 1.807) is 34.9 Å². The largest absolute Gasteiger partial charge is 0.422 e. The molecule has 0 radical (unpaired) electrons. The molecule has 2 heterocycles. The number of para-hydroxylation sites is 1. The maximum Gasteiger partial charge on any atom is 0.336 e. The Balaban J connectivity index is 1.65. The molecule has 0 aliphatic heterocycles. The van der Waals surface area contributed by atoms with Gasteiger partial charge in [0.1, 0.15) is 5.58 Å². The quantitative estimate of drug-likeness (QED) is 0.180. The first-order valence-corrected chi connectivity index (χ1v) is 11.7. The highest BCUT2D eigenvalue weighted by atomic mass is 35.5. The molecule has 33 heavy (non-hydrogen) atoms. The van der Waals surface area contributed by atoms with E-state index in [9.17, 15) is 9.59 Å². The van der Waals surface area contributed by atoms with E-state index in [1.165, 1.54) is 17.8 Å². The molecule has 0 bridgehead atoms. The zero-order valence-electron chi connectivity index (χ0n) is 18.0. The van der Waals surface area contributed by atoms with Gasteiger partial charge in [0.25, 0.3) is 5.56 Å². The molecule has 0 N–H and O–H groups in total. The van der Waals surface area contributed by atoms with Crippen molar-refractivity contribution in [1.29, 1.82) is 0 Å². The number of rotatable bonds is 4. The minimum Gasteiger partial charge on any atom is -0.422 e. The van der Waals surface area contributed by atoms with Crippen LogP contribution in [0.1, 0.15) is 16.7 Å². The second kappa shape index (κ2) is 8.54. The standard InChI is InChI=1S/C26H19ClN2O3S/c1-15-7-12-20-17(13-23(30)32-24(20)16(15)2)14-33-26-28-22-6-4-3-5-21(22)25(31)29(26)19-10-8-18(27)9-11-19/h3-13H,14H2,1-2H3. The van der Waals surface area contributed by atoms with E-state index in [1.807, 2.05) is 44.2 Å². The van der Waals surface area contributed by atoms with Crippen LogP contribution in [0.25, 0.3) is 27.6 Å². The second-order valence-electron chi connectivity index (χ2n) is 7.79. The van der Waals surface area contributed by atoms with Crippen molar-refractivity contribution < 1.29 is 4.42 Å². The lowest BCUT2D eigenvalue weighted by Gasteiger charge is -2.14. The van der Waals surface area contributed by atoms with Crippen LogP contribution >= 0.6 is 23.4 Å². The second-order valence-corrected chi connectivity index (χ2v) is 9.17. The predicted octanol–water partition coefficient (Wildman–Crippen LogP) is 6.05. The van der Waals surface area contributed by atoms with Crippen LogP contribution in [-0.2, 0) is 5.75 Å². The first kappa shape index (κ1) is 21.5. The Labute approximate surface area is 198 Å². The minimum absolute atomic E-state index is 0.158. The van der Waals surface area contributed by atoms with Gasteiger partial charge in [0.05, 0.1) is 16.6 Å². The molecule has 5 rings (SSSR count). The fourth-order valence-corrected chi connectivity index (χ4v) is 4.94. The molecule has 5 nitrogen and oxygen atoms in total. The van der Waals surface area contributed by atoms with Crippen molar-refractivity contribution in [1.82, 2.24) is 9.55 Å². The number of benzene rings is 3. The van der Waals surface area contributed by atoms with E-state index in [-0.39, 0.29) is 5.56 Å². The van der Waals surface area contributed by atoms with Crippen LogP contribution in [0.15, 0.2) is 85.9 Å². The summed E-state index contributed by atoms with van der Waals surface area (Å²) >= 11 is 7.46. The Morgan fingerprint density at radius 1 is 0.970 bits per heavy atom. The van der Waals surface area contributed by atoms with Crippen molar-refractivity contribution in [2.45, 2.75) is 24.8 Å². The summed E-state index contributed by atoms with van der Waals surface area (Å²) in [5.41, 5.74) is 4.18. The summed E-state index contributed by atoms with van der Waals surface area (Å²) in [6.45, 7) is 3.93. The molecule has 0 aliphatic rings. The summed E-state index contributed by atoms with van der Waals surface area (Å²) in [5, 5.41) is 2.54. The van der Waals surface area contributed by atoms with Crippen molar-refractivity contribution in [2.75, 3.05) is 0 Å². The van der Waals surface area contributed by atoms with Crippen molar-refractivity contribution in [3.63, 3.8) is 0 Å². The predicted molar refractivity (Wildman–Crippen MR) is 134 cm³/mol. The smallest absolute Gasteiger partial charge is 0.336 e. The number of hydrogen-bond acceptors (Lipinski definition) is 5. The molecule has 0 atom stereocenters. The van der Waals surface area contributed by atoms with E-state index >= 15 is 0 Å². The maximum absolute atomic E-state index is 13.4. The number of aryl methyl sites for hydroxylation is 2. The van der Waals surface area contributed by atoms with Crippen LogP contribution in [-0.4, -0.2) is 9.55 Å². The van der Waals surface area contributed by atoms with Gasteiger partial charge in [-0.3, -0.25) is 9.36 Å². The van der Waals surface area contributed by atoms with Crippen molar-refractivity contribution in [2.24, 2.45) is 0 Å². The molecule has 164 valence electrons. The first-order chi connectivity index (χ1) is 15.9. The summed E-state index contributed by atoms with van der Waals surface area (Å²) in [6, 6.07) is 19.9. The summed E-state index contributed by atoms with van der Waals surface area (Å²) in [4.78, 5) is 30.5. The third-order valence-corrected chi connectivity index (χ3v) is 6.94. The lowest BCUT2D eigenvalue weighted by atomic mass is 10.0. The van der Waals surface area contributed by atoms with Gasteiger partial charge in [-0.1, -0.05) is 47.6 Å². The van der Waals surface area contributed by atoms with Gasteiger partial charge < -0.3 is 4.42 Å². The third-order valence-electron chi connectivity index (χ3n) is 5.70. The van der Waals surface area contributed by atoms with Gasteiger partial charge in [0.15, 0.2) is 5.16 Å². The lowest BCUT2D eigenvalue weighted by Crippen LogP contribution is -2.21. The van der Waals surface area contributed by atoms with E-state index < -0.39 is 5.63 Å². The topological polar surface area (TPSA) is 65.1 Å². The maximum atomic E-state index is 13.4. The van der Waals surface area contributed by atoms with Crippen LogP contribution in [0, 0.1) is 13.8 Å². The molecule has 7 heteroatoms. The van der Waals surface area contributed by atoms with Crippen LogP contribution < -0.4 is 11.2 Å². The van der Waals surface area contributed by atoms with Crippen LogP contribution in [0.3, 0.4) is 0 Å². The molecule has 0 amide bonds. The van der Waals surface area contributed by atoms with E-state index in [4.69, 9.17) is 21.0 Å². The normalized spacial score (nSPS) is 11.4. The molecule has 0 aliphatic carbocycles. The van der Waals surface area contributed by atoms with Crippen LogP contribution in [0.5, 0.6) is 0 Å². The average Bonchev–Trinajstić information content (AvgIpc) is 2.81. The van der Waals surface area contributed by atoms with Crippen LogP contribution in [0.2, 0.25) is 5.02 Å². The number of hydrogen-bond donors (Lipinski definition) is 0. The number of fused-ring (bicyclic) bond motifs is 2. The Bertz CT molecular complexity index is 1640. The SMILES string of the molecule is Cc1ccc2c(CSc3nc4ccccc4c(=O)n3-c3ccc(Cl)cc3)cc(=O)oc2c1C. The number of halogens is 1. The molecule has 0 fully saturated rings. The Hall–Kier alpha value is -3.35. The average molecular weight is 475 g/mol. The molecule has 0 unspecified atom stereocenters. The van der Waals surface area contributed by atoms with Crippen LogP contribution in [0.4, 0.5) is 0 Å². The highest BCUT2D eigenvalue weighted by Gasteiger charge is 2.15. The molecular weight excluding hydrogens is 456 g/mol. The highest BCUT2D eigenvalue weighted by molar-refractivity contribution is 7.98. The van der Waals surface area contributed by atoms with Gasteiger partial charge in [-0.05, 0) is 66.9 Å². The monoisotopic (exact) mass is 474 g/mol. The Kier molecular flexibility index (Phi) is 5.56. The zero-order chi connectivity index (χ0) is 23.1. The summed E-state index contributed by atoms with van der Waals surface area (Å²) in [7, 11) is 0. The zero-order valence-corrected chi connectivity index (χ0v) is 19.5. The van der Waals surface area contributed by atoms with Gasteiger partial charge in [-0.15, -0.1) is 0 Å². The summed E-state index contributed by atoms with van der Waals surface area (Å²) in [5.74, 6) is 0.447. The van der Waals surface area contributed by atoms with Gasteiger partial charge >= 0.3 is 5.63 Å². The molecule has 5 aromatic rings. The molecule has 0 saturated carbocycles. The third kappa shape index (κ3) is 3.96. The van der Waals surface area contributed by atoms with Crippen molar-refractivity contribution in [3.8, 4) is 5.69 Å². The van der Waals surface area contributed by atoms with Crippen molar-refractivity contribution in [3.05, 3.63) is 109 Å². The van der Waals surface area contributed by atoms with E-state index in [0.29, 0.717) is 38.1 Å². The fraction of sp³-hybridized carbons (Fsp3) is 0.115. The molecular formula is C26H19ClN2O3S. The first-order valence-electron chi connectivity index (χ1n) is 10.4. The Morgan fingerprint density at radius 2 is 1.73 bits per heavy atom. The molecule has 2 aromatic heterocycles. The molecule has 0 saturated heterocycles. The van der Waals surface area contributed by atoms with Gasteiger partial charge in [0, 0.05) is 22.2 Å². The number of thioether (sulfide) groups is 1. The lowest BCUT2D eigenvalue weighted by molar-refractivity contribution is 0.557. The van der Waals surface area contributed by atoms with Gasteiger partial charge in [-0.25, -0.2) is 9.78 Å². The summed E-state index contributed by atoms with van der Waals surface area (Å²) in [6.07, 6.45) is 0. The molecule has 3 aromatic carbocycles. The Morgan fingerprint density at radius 3 is 2.52 bits per heavy atom. The highest BCUT2D eigenvalue weighted by Crippen LogP contribution is 2.29. The van der Waals surface area contributed by atoms with Gasteiger partial charge in [0.2, 0.25) is 0 Å².